The maximum absolute atomic E-state index is 13.3. The van der Waals surface area contributed by atoms with E-state index in [1.54, 1.807) is 29.5 Å². The van der Waals surface area contributed by atoms with E-state index >= 15 is 0 Å². The van der Waals surface area contributed by atoms with Gasteiger partial charge in [0.25, 0.3) is 0 Å². The van der Waals surface area contributed by atoms with Crippen molar-refractivity contribution in [1.82, 2.24) is 30.0 Å². The molecule has 150 valence electrons. The lowest BCUT2D eigenvalue weighted by Gasteiger charge is -2.36. The summed E-state index contributed by atoms with van der Waals surface area (Å²) in [5, 5.41) is 12.7. The third-order valence-electron chi connectivity index (χ3n) is 5.93. The van der Waals surface area contributed by atoms with Crippen LogP contribution in [0.2, 0.25) is 0 Å². The maximum Gasteiger partial charge on any atom is 0.228 e. The van der Waals surface area contributed by atoms with Crippen molar-refractivity contribution in [1.29, 1.82) is 0 Å². The summed E-state index contributed by atoms with van der Waals surface area (Å²) in [5.41, 5.74) is 2.15. The SMILES string of the molecule is CC(C)NC(=O)[C@@]1(Cc2cscn2)C[C@H]2CC[C@@H]1N2C(=O)CCn1cnnc1. The van der Waals surface area contributed by atoms with Gasteiger partial charge in [-0.3, -0.25) is 9.59 Å². The Kier molecular flexibility index (Phi) is 5.18. The largest absolute Gasteiger partial charge is 0.353 e. The number of fused-ring (bicyclic) bond motifs is 2. The Morgan fingerprint density at radius 1 is 1.32 bits per heavy atom. The fourth-order valence-corrected chi connectivity index (χ4v) is 5.38. The van der Waals surface area contributed by atoms with E-state index in [9.17, 15) is 9.59 Å². The van der Waals surface area contributed by atoms with Gasteiger partial charge in [0.1, 0.15) is 12.7 Å². The summed E-state index contributed by atoms with van der Waals surface area (Å²) in [6.45, 7) is 4.51. The first-order valence-corrected chi connectivity index (χ1v) is 10.8. The molecule has 2 saturated heterocycles. The quantitative estimate of drug-likeness (QED) is 0.760. The zero-order valence-corrected chi connectivity index (χ0v) is 17.1. The number of hydrogen-bond acceptors (Lipinski definition) is 6. The molecule has 4 rings (SSSR count). The highest BCUT2D eigenvalue weighted by Crippen LogP contribution is 2.52. The van der Waals surface area contributed by atoms with Crippen LogP contribution in [0.15, 0.2) is 23.5 Å². The molecular formula is C19H26N6O2S. The summed E-state index contributed by atoms with van der Waals surface area (Å²) >= 11 is 1.54. The van der Waals surface area contributed by atoms with E-state index in [4.69, 9.17) is 0 Å². The topological polar surface area (TPSA) is 93.0 Å². The van der Waals surface area contributed by atoms with Crippen LogP contribution in [0.5, 0.6) is 0 Å². The van der Waals surface area contributed by atoms with Gasteiger partial charge >= 0.3 is 0 Å². The monoisotopic (exact) mass is 402 g/mol. The number of rotatable bonds is 7. The Hall–Kier alpha value is -2.29. The van der Waals surface area contributed by atoms with E-state index in [2.05, 4.69) is 20.5 Å². The molecule has 2 aliphatic heterocycles. The number of amides is 2. The van der Waals surface area contributed by atoms with Crippen LogP contribution in [0.3, 0.4) is 0 Å². The zero-order valence-electron chi connectivity index (χ0n) is 16.2. The van der Waals surface area contributed by atoms with Crippen LogP contribution in [0.1, 0.15) is 45.2 Å². The molecular weight excluding hydrogens is 376 g/mol. The van der Waals surface area contributed by atoms with Crippen LogP contribution in [0.4, 0.5) is 0 Å². The van der Waals surface area contributed by atoms with Crippen molar-refractivity contribution < 1.29 is 9.59 Å². The third-order valence-corrected chi connectivity index (χ3v) is 6.57. The summed E-state index contributed by atoms with van der Waals surface area (Å²) < 4.78 is 1.81. The molecule has 0 spiro atoms. The lowest BCUT2D eigenvalue weighted by atomic mass is 9.70. The summed E-state index contributed by atoms with van der Waals surface area (Å²) in [7, 11) is 0. The highest BCUT2D eigenvalue weighted by molar-refractivity contribution is 7.07. The fourth-order valence-electron chi connectivity index (χ4n) is 4.82. The van der Waals surface area contributed by atoms with Crippen molar-refractivity contribution in [2.24, 2.45) is 5.41 Å². The van der Waals surface area contributed by atoms with Gasteiger partial charge in [-0.15, -0.1) is 21.5 Å². The van der Waals surface area contributed by atoms with Crippen LogP contribution in [-0.2, 0) is 22.6 Å². The van der Waals surface area contributed by atoms with E-state index < -0.39 is 5.41 Å². The van der Waals surface area contributed by atoms with Crippen molar-refractivity contribution in [2.45, 2.75) is 70.6 Å². The van der Waals surface area contributed by atoms with E-state index in [1.165, 1.54) is 0 Å². The summed E-state index contributed by atoms with van der Waals surface area (Å²) in [6, 6.07) is 0.137. The average Bonchev–Trinajstić information content (AvgIpc) is 3.43. The molecule has 0 saturated carbocycles. The standard InChI is InChI=1S/C19H26N6O2S/c1-13(2)23-18(27)19(7-14-9-28-12-20-14)8-15-3-4-16(19)25(15)17(26)5-6-24-10-21-22-11-24/h9-13,15-16H,3-8H2,1-2H3,(H,23,27)/t15-,16+,19+/m1/s1. The van der Waals surface area contributed by atoms with Crippen molar-refractivity contribution in [3.8, 4) is 0 Å². The van der Waals surface area contributed by atoms with Gasteiger partial charge in [0.2, 0.25) is 11.8 Å². The maximum atomic E-state index is 13.3. The van der Waals surface area contributed by atoms with Crippen LogP contribution < -0.4 is 5.32 Å². The van der Waals surface area contributed by atoms with Crippen LogP contribution >= 0.6 is 11.3 Å². The number of aryl methyl sites for hydroxylation is 1. The molecule has 2 amide bonds. The molecule has 2 aromatic rings. The normalized spacial score (nSPS) is 26.2. The lowest BCUT2D eigenvalue weighted by Crippen LogP contribution is -2.52. The van der Waals surface area contributed by atoms with Crippen molar-refractivity contribution >= 4 is 23.2 Å². The molecule has 4 heterocycles. The van der Waals surface area contributed by atoms with Gasteiger partial charge in [-0.2, -0.15) is 0 Å². The van der Waals surface area contributed by atoms with Gasteiger partial charge in [-0.25, -0.2) is 4.98 Å². The van der Waals surface area contributed by atoms with Gasteiger partial charge in [-0.05, 0) is 33.1 Å². The first-order valence-electron chi connectivity index (χ1n) is 9.81. The van der Waals surface area contributed by atoms with E-state index in [1.807, 2.05) is 28.7 Å². The Morgan fingerprint density at radius 3 is 2.79 bits per heavy atom. The summed E-state index contributed by atoms with van der Waals surface area (Å²) in [5.74, 6) is 0.165. The molecule has 2 bridgehead atoms. The van der Waals surface area contributed by atoms with Gasteiger partial charge in [-0.1, -0.05) is 0 Å². The van der Waals surface area contributed by atoms with E-state index in [0.717, 1.165) is 18.5 Å². The van der Waals surface area contributed by atoms with Crippen LogP contribution in [-0.4, -0.2) is 54.6 Å². The highest BCUT2D eigenvalue weighted by Gasteiger charge is 2.61. The second kappa shape index (κ2) is 7.62. The Labute approximate surface area is 168 Å². The Bertz CT molecular complexity index is 822. The van der Waals surface area contributed by atoms with Crippen molar-refractivity contribution in [3.05, 3.63) is 29.2 Å². The van der Waals surface area contributed by atoms with Crippen molar-refractivity contribution in [3.63, 3.8) is 0 Å². The first kappa shape index (κ1) is 19.0. The molecule has 2 aliphatic rings. The average molecular weight is 403 g/mol. The number of nitrogens with zero attached hydrogens (tertiary/aromatic N) is 5. The minimum Gasteiger partial charge on any atom is -0.353 e. The number of hydrogen-bond donors (Lipinski definition) is 1. The third kappa shape index (κ3) is 3.43. The minimum atomic E-state index is -0.590. The van der Waals surface area contributed by atoms with Crippen LogP contribution in [0, 0.1) is 5.41 Å². The number of nitrogens with one attached hydrogen (secondary N) is 1. The molecule has 0 unspecified atom stereocenters. The summed E-state index contributed by atoms with van der Waals surface area (Å²) in [4.78, 5) is 32.8. The molecule has 1 N–H and O–H groups in total. The van der Waals surface area contributed by atoms with Crippen LogP contribution in [0.25, 0.3) is 0 Å². The highest BCUT2D eigenvalue weighted by atomic mass is 32.1. The second-order valence-electron chi connectivity index (χ2n) is 8.14. The van der Waals surface area contributed by atoms with E-state index in [-0.39, 0.29) is 29.9 Å². The van der Waals surface area contributed by atoms with Gasteiger partial charge in [0.05, 0.1) is 16.6 Å². The number of aromatic nitrogens is 4. The Balaban J connectivity index is 1.56. The molecule has 9 heteroatoms. The molecule has 0 aliphatic carbocycles. The van der Waals surface area contributed by atoms with Gasteiger partial charge in [0, 0.05) is 42.9 Å². The van der Waals surface area contributed by atoms with E-state index in [0.29, 0.717) is 25.8 Å². The molecule has 2 aromatic heterocycles. The molecule has 28 heavy (non-hydrogen) atoms. The number of carbonyl (C=O) groups excluding carboxylic acids is 2. The molecule has 8 nitrogen and oxygen atoms in total. The predicted octanol–water partition coefficient (Wildman–Crippen LogP) is 1.64. The smallest absolute Gasteiger partial charge is 0.228 e. The molecule has 2 fully saturated rings. The van der Waals surface area contributed by atoms with Gasteiger partial charge in [0.15, 0.2) is 0 Å². The molecule has 0 aromatic carbocycles. The first-order chi connectivity index (χ1) is 13.5. The molecule has 3 atom stereocenters. The minimum absolute atomic E-state index is 0.0549. The Morgan fingerprint density at radius 2 is 2.11 bits per heavy atom. The summed E-state index contributed by atoms with van der Waals surface area (Å²) in [6.07, 6.45) is 6.78. The second-order valence-corrected chi connectivity index (χ2v) is 8.86. The zero-order chi connectivity index (χ0) is 19.7. The number of thiazole rings is 1. The fraction of sp³-hybridized carbons (Fsp3) is 0.632. The predicted molar refractivity (Wildman–Crippen MR) is 104 cm³/mol. The van der Waals surface area contributed by atoms with Gasteiger partial charge < -0.3 is 14.8 Å². The lowest BCUT2D eigenvalue weighted by molar-refractivity contribution is -0.137. The van der Waals surface area contributed by atoms with Crippen molar-refractivity contribution in [2.75, 3.05) is 0 Å². The number of carbonyl (C=O) groups is 2. The molecule has 0 radical (unpaired) electrons.